The first-order valence-electron chi connectivity index (χ1n) is 9.10. The molecule has 1 aliphatic heterocycles. The van der Waals surface area contributed by atoms with E-state index in [1.165, 1.54) is 11.2 Å². The van der Waals surface area contributed by atoms with Gasteiger partial charge in [0.05, 0.1) is 19.9 Å². The van der Waals surface area contributed by atoms with E-state index >= 15 is 0 Å². The molecular weight excluding hydrogens is 362 g/mol. The van der Waals surface area contributed by atoms with Gasteiger partial charge in [-0.3, -0.25) is 14.5 Å². The summed E-state index contributed by atoms with van der Waals surface area (Å²) in [4.78, 5) is 37.7. The van der Waals surface area contributed by atoms with Crippen molar-refractivity contribution in [2.75, 3.05) is 13.7 Å². The molecule has 1 atom stereocenters. The summed E-state index contributed by atoms with van der Waals surface area (Å²) in [6.07, 6.45) is 2.49. The summed E-state index contributed by atoms with van der Waals surface area (Å²) in [5, 5.41) is 5.37. The van der Waals surface area contributed by atoms with Crippen LogP contribution in [0.15, 0.2) is 47.1 Å². The van der Waals surface area contributed by atoms with Crippen molar-refractivity contribution in [1.82, 2.24) is 15.5 Å². The highest BCUT2D eigenvalue weighted by atomic mass is 16.5. The predicted octanol–water partition coefficient (Wildman–Crippen LogP) is 1.85. The Morgan fingerprint density at radius 2 is 2.04 bits per heavy atom. The van der Waals surface area contributed by atoms with Gasteiger partial charge in [-0.05, 0) is 42.7 Å². The lowest BCUT2D eigenvalue weighted by atomic mass is 10.1. The Kier molecular flexibility index (Phi) is 6.31. The Balaban J connectivity index is 1.43. The molecule has 1 aromatic carbocycles. The van der Waals surface area contributed by atoms with E-state index in [4.69, 9.17) is 9.15 Å². The minimum absolute atomic E-state index is 0.143. The Morgan fingerprint density at radius 3 is 2.71 bits per heavy atom. The maximum atomic E-state index is 12.5. The number of hydrogen-bond donors (Lipinski definition) is 2. The maximum Gasteiger partial charge on any atom is 0.324 e. The molecule has 0 saturated carbocycles. The fourth-order valence-electron chi connectivity index (χ4n) is 2.98. The Labute approximate surface area is 162 Å². The Hall–Kier alpha value is -3.29. The molecule has 8 heteroatoms. The summed E-state index contributed by atoms with van der Waals surface area (Å²) in [7, 11) is 1.60. The quantitative estimate of drug-likeness (QED) is 0.642. The molecular formula is C20H23N3O5. The molecule has 3 rings (SSSR count). The normalized spacial score (nSPS) is 16.2. The van der Waals surface area contributed by atoms with Gasteiger partial charge in [-0.2, -0.15) is 0 Å². The highest BCUT2D eigenvalue weighted by Crippen LogP contribution is 2.15. The van der Waals surface area contributed by atoms with Crippen molar-refractivity contribution in [2.24, 2.45) is 0 Å². The molecule has 1 aliphatic rings. The third kappa shape index (κ3) is 4.91. The number of nitrogens with one attached hydrogen (secondary N) is 2. The van der Waals surface area contributed by atoms with Gasteiger partial charge < -0.3 is 19.8 Å². The van der Waals surface area contributed by atoms with Crippen LogP contribution in [0.2, 0.25) is 0 Å². The van der Waals surface area contributed by atoms with Crippen molar-refractivity contribution in [1.29, 1.82) is 0 Å². The molecule has 8 nitrogen and oxygen atoms in total. The zero-order valence-electron chi connectivity index (χ0n) is 15.6. The molecule has 0 spiro atoms. The van der Waals surface area contributed by atoms with Crippen molar-refractivity contribution in [3.63, 3.8) is 0 Å². The first-order valence-corrected chi connectivity index (χ1v) is 9.10. The minimum atomic E-state index is -0.669. The number of amides is 4. The predicted molar refractivity (Wildman–Crippen MR) is 101 cm³/mol. The van der Waals surface area contributed by atoms with Crippen molar-refractivity contribution < 1.29 is 23.5 Å². The monoisotopic (exact) mass is 385 g/mol. The average molecular weight is 385 g/mol. The van der Waals surface area contributed by atoms with Crippen molar-refractivity contribution >= 4 is 17.8 Å². The van der Waals surface area contributed by atoms with Gasteiger partial charge in [-0.15, -0.1) is 0 Å². The second-order valence-electron chi connectivity index (χ2n) is 6.48. The van der Waals surface area contributed by atoms with E-state index in [0.29, 0.717) is 18.7 Å². The van der Waals surface area contributed by atoms with Crippen LogP contribution in [0.5, 0.6) is 5.75 Å². The number of imide groups is 1. The van der Waals surface area contributed by atoms with Crippen LogP contribution in [0, 0.1) is 0 Å². The van der Waals surface area contributed by atoms with Gasteiger partial charge in [0, 0.05) is 13.0 Å². The molecule has 0 aliphatic carbocycles. The molecule has 2 heterocycles. The van der Waals surface area contributed by atoms with E-state index in [0.717, 1.165) is 11.3 Å². The summed E-state index contributed by atoms with van der Waals surface area (Å²) < 4.78 is 10.3. The number of nitrogens with zero attached hydrogens (tertiary/aromatic N) is 1. The summed E-state index contributed by atoms with van der Waals surface area (Å²) >= 11 is 0. The summed E-state index contributed by atoms with van der Waals surface area (Å²) in [6.45, 7) is 0.586. The third-order valence-electron chi connectivity index (χ3n) is 4.59. The largest absolute Gasteiger partial charge is 0.497 e. The van der Waals surface area contributed by atoms with E-state index in [1.807, 2.05) is 24.3 Å². The summed E-state index contributed by atoms with van der Waals surface area (Å²) in [5.74, 6) is 0.917. The number of methoxy groups -OCH3 is 1. The van der Waals surface area contributed by atoms with Crippen molar-refractivity contribution in [3.8, 4) is 5.75 Å². The fourth-order valence-corrected chi connectivity index (χ4v) is 2.98. The highest BCUT2D eigenvalue weighted by Gasteiger charge is 2.37. The highest BCUT2D eigenvalue weighted by molar-refractivity contribution is 6.04. The summed E-state index contributed by atoms with van der Waals surface area (Å²) in [5.41, 5.74) is 1.00. The van der Waals surface area contributed by atoms with Crippen LogP contribution >= 0.6 is 0 Å². The number of urea groups is 1. The molecule has 1 aromatic heterocycles. The average Bonchev–Trinajstić information content (AvgIpc) is 3.32. The molecule has 2 N–H and O–H groups in total. The molecule has 28 heavy (non-hydrogen) atoms. The SMILES string of the molecule is COc1ccc(CCN2C(=O)NC(CCC(=O)NCc3ccco3)C2=O)cc1. The van der Waals surface area contributed by atoms with Gasteiger partial charge in [0.1, 0.15) is 17.6 Å². The standard InChI is InChI=1S/C20H23N3O5/c1-27-15-6-4-14(5-7-15)10-11-23-19(25)17(22-20(23)26)8-9-18(24)21-13-16-3-2-12-28-16/h2-7,12,17H,8-11,13H2,1H3,(H,21,24)(H,22,26). The first kappa shape index (κ1) is 19.5. The van der Waals surface area contributed by atoms with Gasteiger partial charge in [-0.25, -0.2) is 4.79 Å². The smallest absolute Gasteiger partial charge is 0.324 e. The molecule has 0 bridgehead atoms. The van der Waals surface area contributed by atoms with Crippen LogP contribution in [0.4, 0.5) is 4.79 Å². The van der Waals surface area contributed by atoms with Crippen LogP contribution in [0.1, 0.15) is 24.2 Å². The van der Waals surface area contributed by atoms with E-state index in [9.17, 15) is 14.4 Å². The maximum absolute atomic E-state index is 12.5. The van der Waals surface area contributed by atoms with E-state index in [-0.39, 0.29) is 31.2 Å². The van der Waals surface area contributed by atoms with E-state index in [1.54, 1.807) is 19.2 Å². The number of benzene rings is 1. The molecule has 148 valence electrons. The lowest BCUT2D eigenvalue weighted by Crippen LogP contribution is -2.33. The first-order chi connectivity index (χ1) is 13.6. The zero-order chi connectivity index (χ0) is 19.9. The van der Waals surface area contributed by atoms with Crippen LogP contribution in [-0.4, -0.2) is 42.4 Å². The summed E-state index contributed by atoms with van der Waals surface area (Å²) in [6, 6.07) is 9.90. The fraction of sp³-hybridized carbons (Fsp3) is 0.350. The number of furan rings is 1. The second-order valence-corrected chi connectivity index (χ2v) is 6.48. The molecule has 1 unspecified atom stereocenters. The number of carbonyl (C=O) groups excluding carboxylic acids is 3. The number of hydrogen-bond acceptors (Lipinski definition) is 5. The van der Waals surface area contributed by atoms with Gasteiger partial charge in [0.25, 0.3) is 5.91 Å². The Morgan fingerprint density at radius 1 is 1.25 bits per heavy atom. The topological polar surface area (TPSA) is 101 Å². The molecule has 1 saturated heterocycles. The van der Waals surface area contributed by atoms with Crippen LogP contribution in [0.3, 0.4) is 0 Å². The van der Waals surface area contributed by atoms with Crippen LogP contribution in [-0.2, 0) is 22.6 Å². The second kappa shape index (κ2) is 9.07. The number of ether oxygens (including phenoxy) is 1. The lowest BCUT2D eigenvalue weighted by molar-refractivity contribution is -0.127. The van der Waals surface area contributed by atoms with Crippen molar-refractivity contribution in [3.05, 3.63) is 54.0 Å². The minimum Gasteiger partial charge on any atom is -0.497 e. The van der Waals surface area contributed by atoms with Gasteiger partial charge in [0.2, 0.25) is 5.91 Å². The third-order valence-corrected chi connectivity index (χ3v) is 4.59. The van der Waals surface area contributed by atoms with Crippen molar-refractivity contribution in [2.45, 2.75) is 31.8 Å². The number of carbonyl (C=O) groups is 3. The van der Waals surface area contributed by atoms with Gasteiger partial charge >= 0.3 is 6.03 Å². The van der Waals surface area contributed by atoms with E-state index in [2.05, 4.69) is 10.6 Å². The van der Waals surface area contributed by atoms with Crippen LogP contribution in [0.25, 0.3) is 0 Å². The lowest BCUT2D eigenvalue weighted by Gasteiger charge is -2.13. The molecule has 0 radical (unpaired) electrons. The molecule has 1 fully saturated rings. The van der Waals surface area contributed by atoms with Gasteiger partial charge in [0.15, 0.2) is 0 Å². The Bertz CT molecular complexity index is 817. The van der Waals surface area contributed by atoms with Crippen LogP contribution < -0.4 is 15.4 Å². The van der Waals surface area contributed by atoms with E-state index < -0.39 is 12.1 Å². The molecule has 4 amide bonds. The molecule has 2 aromatic rings. The zero-order valence-corrected chi connectivity index (χ0v) is 15.6. The number of rotatable bonds is 9. The van der Waals surface area contributed by atoms with Gasteiger partial charge in [-0.1, -0.05) is 12.1 Å².